The summed E-state index contributed by atoms with van der Waals surface area (Å²) in [7, 11) is -3.93. The summed E-state index contributed by atoms with van der Waals surface area (Å²) in [6.07, 6.45) is 0.658. The van der Waals surface area contributed by atoms with E-state index in [-0.39, 0.29) is 10.8 Å². The Bertz CT molecular complexity index is 624. The molecule has 6 nitrogen and oxygen atoms in total. The van der Waals surface area contributed by atoms with Crippen molar-refractivity contribution in [2.75, 3.05) is 6.61 Å². The summed E-state index contributed by atoms with van der Waals surface area (Å²) >= 11 is 0. The van der Waals surface area contributed by atoms with E-state index in [0.717, 1.165) is 5.56 Å². The van der Waals surface area contributed by atoms with Crippen LogP contribution in [0.4, 0.5) is 0 Å². The van der Waals surface area contributed by atoms with Crippen molar-refractivity contribution in [2.45, 2.75) is 31.2 Å². The predicted molar refractivity (Wildman–Crippen MR) is 72.2 cm³/mol. The summed E-state index contributed by atoms with van der Waals surface area (Å²) < 4.78 is 32.3. The lowest BCUT2D eigenvalue weighted by atomic mass is 10.1. The van der Waals surface area contributed by atoms with Gasteiger partial charge in [-0.1, -0.05) is 26.0 Å². The quantitative estimate of drug-likeness (QED) is 0.846. The number of ether oxygens (including phenoxy) is 1. The Morgan fingerprint density at radius 3 is 2.70 bits per heavy atom. The van der Waals surface area contributed by atoms with Gasteiger partial charge in [-0.3, -0.25) is 4.79 Å². The highest BCUT2D eigenvalue weighted by atomic mass is 32.2. The zero-order chi connectivity index (χ0) is 14.9. The van der Waals surface area contributed by atoms with Crippen molar-refractivity contribution < 1.29 is 23.1 Å². The van der Waals surface area contributed by atoms with Crippen molar-refractivity contribution in [1.29, 1.82) is 0 Å². The standard InChI is InChI=1S/C13H17NO5S/c1-8(2)11(13(15)16)14-20(17,18)10-5-3-4-9-6-7-19-12(9)10/h3-5,8,11,14H,6-7H2,1-2H3,(H,15,16)/t11-/m1/s1. The van der Waals surface area contributed by atoms with E-state index in [0.29, 0.717) is 18.8 Å². The molecule has 20 heavy (non-hydrogen) atoms. The number of carbonyl (C=O) groups is 1. The number of hydrogen-bond donors (Lipinski definition) is 2. The molecule has 1 aromatic rings. The number of para-hydroxylation sites is 1. The number of fused-ring (bicyclic) bond motifs is 1. The van der Waals surface area contributed by atoms with E-state index in [2.05, 4.69) is 4.72 Å². The first-order valence-corrected chi connectivity index (χ1v) is 7.81. The molecular weight excluding hydrogens is 282 g/mol. The lowest BCUT2D eigenvalue weighted by Gasteiger charge is -2.18. The molecule has 1 aliphatic heterocycles. The van der Waals surface area contributed by atoms with Crippen LogP contribution in [0.15, 0.2) is 23.1 Å². The molecule has 0 bridgehead atoms. The first-order valence-electron chi connectivity index (χ1n) is 6.33. The lowest BCUT2D eigenvalue weighted by molar-refractivity contribution is -0.140. The molecule has 1 atom stereocenters. The van der Waals surface area contributed by atoms with Crippen molar-refractivity contribution in [3.63, 3.8) is 0 Å². The van der Waals surface area contributed by atoms with Crippen molar-refractivity contribution in [3.05, 3.63) is 23.8 Å². The maximum absolute atomic E-state index is 12.4. The molecule has 0 unspecified atom stereocenters. The summed E-state index contributed by atoms with van der Waals surface area (Å²) in [5.74, 6) is -1.23. The Labute approximate surface area is 117 Å². The third-order valence-corrected chi connectivity index (χ3v) is 4.65. The molecule has 0 aromatic heterocycles. The highest BCUT2D eigenvalue weighted by molar-refractivity contribution is 7.89. The molecule has 110 valence electrons. The molecule has 0 fully saturated rings. The second-order valence-electron chi connectivity index (χ2n) is 5.02. The fourth-order valence-corrected chi connectivity index (χ4v) is 3.62. The van der Waals surface area contributed by atoms with Gasteiger partial charge in [0.2, 0.25) is 10.0 Å². The Morgan fingerprint density at radius 1 is 1.40 bits per heavy atom. The molecule has 0 saturated heterocycles. The highest BCUT2D eigenvalue weighted by Crippen LogP contribution is 2.32. The normalized spacial score (nSPS) is 15.8. The van der Waals surface area contributed by atoms with Gasteiger partial charge in [0.15, 0.2) is 0 Å². The number of carboxylic acids is 1. The first-order chi connectivity index (χ1) is 9.33. The number of sulfonamides is 1. The fourth-order valence-electron chi connectivity index (χ4n) is 2.10. The average Bonchev–Trinajstić information content (AvgIpc) is 2.83. The van der Waals surface area contributed by atoms with Crippen LogP contribution in [0.5, 0.6) is 5.75 Å². The molecule has 0 radical (unpaired) electrons. The average molecular weight is 299 g/mol. The smallest absolute Gasteiger partial charge is 0.322 e. The van der Waals surface area contributed by atoms with Gasteiger partial charge in [0.25, 0.3) is 0 Å². The summed E-state index contributed by atoms with van der Waals surface area (Å²) in [6.45, 7) is 3.73. The molecule has 1 aromatic carbocycles. The Balaban J connectivity index is 2.37. The maximum atomic E-state index is 12.4. The fraction of sp³-hybridized carbons (Fsp3) is 0.462. The molecule has 0 spiro atoms. The molecule has 1 aliphatic rings. The van der Waals surface area contributed by atoms with Crippen LogP contribution in [0.1, 0.15) is 19.4 Å². The highest BCUT2D eigenvalue weighted by Gasteiger charge is 2.31. The topological polar surface area (TPSA) is 92.7 Å². The van der Waals surface area contributed by atoms with Gasteiger partial charge in [-0.05, 0) is 17.5 Å². The van der Waals surface area contributed by atoms with Crippen molar-refractivity contribution in [1.82, 2.24) is 4.72 Å². The minimum atomic E-state index is -3.93. The van der Waals surface area contributed by atoms with Crippen LogP contribution in [0.3, 0.4) is 0 Å². The molecular formula is C13H17NO5S. The van der Waals surface area contributed by atoms with E-state index in [9.17, 15) is 13.2 Å². The monoisotopic (exact) mass is 299 g/mol. The molecule has 2 rings (SSSR count). The molecule has 0 aliphatic carbocycles. The van der Waals surface area contributed by atoms with Gasteiger partial charge < -0.3 is 9.84 Å². The SMILES string of the molecule is CC(C)[C@@H](NS(=O)(=O)c1cccc2c1OCC2)C(=O)O. The van der Waals surface area contributed by atoms with Crippen LogP contribution in [-0.4, -0.2) is 32.1 Å². The Hall–Kier alpha value is -1.60. The number of nitrogens with one attached hydrogen (secondary N) is 1. The number of hydrogen-bond acceptors (Lipinski definition) is 4. The molecule has 0 saturated carbocycles. The van der Waals surface area contributed by atoms with Crippen LogP contribution in [-0.2, 0) is 21.2 Å². The second-order valence-corrected chi connectivity index (χ2v) is 6.71. The van der Waals surface area contributed by atoms with Gasteiger partial charge in [0, 0.05) is 6.42 Å². The van der Waals surface area contributed by atoms with E-state index in [1.807, 2.05) is 0 Å². The van der Waals surface area contributed by atoms with Crippen molar-refractivity contribution >= 4 is 16.0 Å². The number of rotatable bonds is 5. The summed E-state index contributed by atoms with van der Waals surface area (Å²) in [5.41, 5.74) is 0.823. The summed E-state index contributed by atoms with van der Waals surface area (Å²) in [6, 6.07) is 3.69. The largest absolute Gasteiger partial charge is 0.492 e. The van der Waals surface area contributed by atoms with E-state index in [1.165, 1.54) is 6.07 Å². The van der Waals surface area contributed by atoms with Crippen LogP contribution in [0.2, 0.25) is 0 Å². The molecule has 1 heterocycles. The third-order valence-electron chi connectivity index (χ3n) is 3.18. The van der Waals surface area contributed by atoms with Gasteiger partial charge in [-0.2, -0.15) is 4.72 Å². The van der Waals surface area contributed by atoms with Gasteiger partial charge >= 0.3 is 5.97 Å². The number of aliphatic carboxylic acids is 1. The van der Waals surface area contributed by atoms with E-state index in [4.69, 9.17) is 9.84 Å². The van der Waals surface area contributed by atoms with Crippen molar-refractivity contribution in [3.8, 4) is 5.75 Å². The Kier molecular flexibility index (Phi) is 4.01. The first kappa shape index (κ1) is 14.8. The zero-order valence-corrected chi connectivity index (χ0v) is 12.1. The molecule has 7 heteroatoms. The van der Waals surface area contributed by atoms with Gasteiger partial charge in [-0.25, -0.2) is 8.42 Å². The van der Waals surface area contributed by atoms with Gasteiger partial charge in [-0.15, -0.1) is 0 Å². The van der Waals surface area contributed by atoms with Crippen molar-refractivity contribution in [2.24, 2.45) is 5.92 Å². The number of benzene rings is 1. The maximum Gasteiger partial charge on any atom is 0.322 e. The predicted octanol–water partition coefficient (Wildman–Crippen LogP) is 1.01. The second kappa shape index (κ2) is 5.41. The number of carboxylic acid groups (broad SMARTS) is 1. The van der Waals surface area contributed by atoms with Gasteiger partial charge in [0.1, 0.15) is 16.7 Å². The summed E-state index contributed by atoms with van der Waals surface area (Å²) in [5, 5.41) is 9.09. The lowest BCUT2D eigenvalue weighted by Crippen LogP contribution is -2.44. The van der Waals surface area contributed by atoms with Crippen LogP contribution in [0, 0.1) is 5.92 Å². The van der Waals surface area contributed by atoms with E-state index >= 15 is 0 Å². The zero-order valence-electron chi connectivity index (χ0n) is 11.3. The van der Waals surface area contributed by atoms with E-state index < -0.39 is 22.0 Å². The molecule has 0 amide bonds. The van der Waals surface area contributed by atoms with Crippen LogP contribution < -0.4 is 9.46 Å². The minimum Gasteiger partial charge on any atom is -0.492 e. The summed E-state index contributed by atoms with van der Waals surface area (Å²) in [4.78, 5) is 11.1. The van der Waals surface area contributed by atoms with Crippen LogP contribution in [0.25, 0.3) is 0 Å². The molecule has 2 N–H and O–H groups in total. The minimum absolute atomic E-state index is 0.000556. The Morgan fingerprint density at radius 2 is 2.10 bits per heavy atom. The van der Waals surface area contributed by atoms with Crippen LogP contribution >= 0.6 is 0 Å². The van der Waals surface area contributed by atoms with Gasteiger partial charge in [0.05, 0.1) is 6.61 Å². The third kappa shape index (κ3) is 2.78. The van der Waals surface area contributed by atoms with E-state index in [1.54, 1.807) is 26.0 Å².